The van der Waals surface area contributed by atoms with Crippen LogP contribution in [-0.4, -0.2) is 57.1 Å². The summed E-state index contributed by atoms with van der Waals surface area (Å²) in [6.45, 7) is 1.26. The Hall–Kier alpha value is -1.71. The number of thiazole rings is 1. The Morgan fingerprint density at radius 1 is 1.06 bits per heavy atom. The van der Waals surface area contributed by atoms with Gasteiger partial charge >= 0.3 is 0 Å². The third-order valence-electron chi connectivity index (χ3n) is 4.56. The number of nitrogens with zero attached hydrogens (tertiary/aromatic N) is 3. The predicted octanol–water partition coefficient (Wildman–Crippen LogP) is 4.52. The lowest BCUT2D eigenvalue weighted by Crippen LogP contribution is -2.34. The minimum atomic E-state index is -3.53. The molecule has 0 aliphatic carbocycles. The van der Waals surface area contributed by atoms with E-state index in [1.54, 1.807) is 41.3 Å². The van der Waals surface area contributed by atoms with Gasteiger partial charge in [-0.15, -0.1) is 12.4 Å². The molecule has 168 valence electrons. The average molecular weight is 502 g/mol. The van der Waals surface area contributed by atoms with Gasteiger partial charge in [0.25, 0.3) is 0 Å². The molecule has 0 N–H and O–H groups in total. The highest BCUT2D eigenvalue weighted by atomic mass is 35.5. The fourth-order valence-corrected chi connectivity index (χ4v) is 5.55. The first-order valence-electron chi connectivity index (χ1n) is 9.56. The number of aromatic nitrogens is 1. The van der Waals surface area contributed by atoms with Crippen molar-refractivity contribution in [2.24, 2.45) is 0 Å². The fourth-order valence-electron chi connectivity index (χ4n) is 2.99. The van der Waals surface area contributed by atoms with Gasteiger partial charge in [0.05, 0.1) is 20.4 Å². The number of sulfone groups is 1. The van der Waals surface area contributed by atoms with Crippen molar-refractivity contribution in [3.05, 3.63) is 53.6 Å². The van der Waals surface area contributed by atoms with Crippen LogP contribution in [0, 0.1) is 0 Å². The van der Waals surface area contributed by atoms with Gasteiger partial charge in [0.1, 0.15) is 5.52 Å². The Labute approximate surface area is 198 Å². The van der Waals surface area contributed by atoms with Crippen LogP contribution in [-0.2, 0) is 14.6 Å². The molecule has 3 aromatic rings. The highest BCUT2D eigenvalue weighted by Gasteiger charge is 2.23. The van der Waals surface area contributed by atoms with Gasteiger partial charge in [0, 0.05) is 13.0 Å². The number of fused-ring (bicyclic) bond motifs is 1. The molecular formula is C21H25Cl2N3O3S2. The Morgan fingerprint density at radius 3 is 2.42 bits per heavy atom. The van der Waals surface area contributed by atoms with E-state index in [2.05, 4.69) is 4.98 Å². The third kappa shape index (κ3) is 6.63. The highest BCUT2D eigenvalue weighted by molar-refractivity contribution is 7.91. The molecule has 2 aromatic carbocycles. The molecule has 0 radical (unpaired) electrons. The second-order valence-electron chi connectivity index (χ2n) is 7.17. The van der Waals surface area contributed by atoms with E-state index < -0.39 is 9.84 Å². The van der Waals surface area contributed by atoms with Crippen molar-refractivity contribution < 1.29 is 13.2 Å². The molecule has 0 spiro atoms. The number of carbonyl (C=O) groups excluding carboxylic acids is 1. The summed E-state index contributed by atoms with van der Waals surface area (Å²) in [7, 11) is 0.406. The number of para-hydroxylation sites is 1. The van der Waals surface area contributed by atoms with Crippen LogP contribution in [0.25, 0.3) is 10.2 Å². The second-order valence-corrected chi connectivity index (χ2v) is 10.7. The topological polar surface area (TPSA) is 70.6 Å². The number of anilines is 1. The largest absolute Gasteiger partial charge is 0.309 e. The monoisotopic (exact) mass is 501 g/mol. The molecule has 0 aliphatic rings. The zero-order valence-corrected chi connectivity index (χ0v) is 20.5. The van der Waals surface area contributed by atoms with Crippen LogP contribution in [0.2, 0.25) is 5.02 Å². The summed E-state index contributed by atoms with van der Waals surface area (Å²) < 4.78 is 26.0. The van der Waals surface area contributed by atoms with Crippen molar-refractivity contribution in [1.82, 2.24) is 9.88 Å². The van der Waals surface area contributed by atoms with E-state index in [1.165, 1.54) is 11.3 Å². The number of carbonyl (C=O) groups is 1. The first kappa shape index (κ1) is 25.5. The van der Waals surface area contributed by atoms with Gasteiger partial charge in [-0.3, -0.25) is 9.69 Å². The summed E-state index contributed by atoms with van der Waals surface area (Å²) in [5.74, 6) is -0.505. The van der Waals surface area contributed by atoms with Crippen LogP contribution in [0.15, 0.2) is 53.4 Å². The van der Waals surface area contributed by atoms with Crippen molar-refractivity contribution in [2.45, 2.75) is 17.7 Å². The summed E-state index contributed by atoms with van der Waals surface area (Å²) in [6, 6.07) is 13.7. The van der Waals surface area contributed by atoms with Gasteiger partial charge in [-0.05, 0) is 51.3 Å². The minimum absolute atomic E-state index is 0. The minimum Gasteiger partial charge on any atom is -0.309 e. The molecule has 10 heteroatoms. The summed E-state index contributed by atoms with van der Waals surface area (Å²) in [6.07, 6.45) is 0.636. The molecular weight excluding hydrogens is 477 g/mol. The number of hydrogen-bond donors (Lipinski definition) is 0. The SMILES string of the molecule is CN(C)CCCN(C(=O)CCS(=O)(=O)c1ccccc1)c1nc2c(Cl)cccc2s1.Cl. The molecule has 0 atom stereocenters. The summed E-state index contributed by atoms with van der Waals surface area (Å²) in [5, 5.41) is 1.07. The zero-order valence-electron chi connectivity index (χ0n) is 17.3. The van der Waals surface area contributed by atoms with Crippen LogP contribution in [0.3, 0.4) is 0 Å². The van der Waals surface area contributed by atoms with E-state index in [1.807, 2.05) is 31.1 Å². The van der Waals surface area contributed by atoms with Crippen molar-refractivity contribution >= 4 is 66.4 Å². The summed E-state index contributed by atoms with van der Waals surface area (Å²) in [4.78, 5) is 21.5. The van der Waals surface area contributed by atoms with E-state index in [-0.39, 0.29) is 35.4 Å². The molecule has 1 heterocycles. The summed E-state index contributed by atoms with van der Waals surface area (Å²) >= 11 is 7.63. The van der Waals surface area contributed by atoms with Gasteiger partial charge in [0.2, 0.25) is 5.91 Å². The van der Waals surface area contributed by atoms with Crippen LogP contribution in [0.1, 0.15) is 12.8 Å². The Bertz CT molecular complexity index is 1120. The Balaban J connectivity index is 0.00000341. The standard InChI is InChI=1S/C21H24ClN3O3S2.ClH/c1-24(2)13-7-14-25(21-23-20-17(22)10-6-11-18(20)29-21)19(26)12-15-30(27,28)16-8-4-3-5-9-16;/h3-6,8-11H,7,12-15H2,1-2H3;1H. The number of benzene rings is 2. The highest BCUT2D eigenvalue weighted by Crippen LogP contribution is 2.33. The fraction of sp³-hybridized carbons (Fsp3) is 0.333. The van der Waals surface area contributed by atoms with Crippen LogP contribution in [0.4, 0.5) is 5.13 Å². The lowest BCUT2D eigenvalue weighted by atomic mass is 10.3. The molecule has 31 heavy (non-hydrogen) atoms. The van der Waals surface area contributed by atoms with E-state index in [9.17, 15) is 13.2 Å². The first-order valence-corrected chi connectivity index (χ1v) is 12.4. The number of amides is 1. The van der Waals surface area contributed by atoms with Gasteiger partial charge in [-0.1, -0.05) is 47.2 Å². The number of rotatable bonds is 9. The Morgan fingerprint density at radius 2 is 1.77 bits per heavy atom. The smallest absolute Gasteiger partial charge is 0.229 e. The molecule has 1 amide bonds. The molecule has 0 fully saturated rings. The van der Waals surface area contributed by atoms with Crippen molar-refractivity contribution in [2.75, 3.05) is 37.8 Å². The third-order valence-corrected chi connectivity index (χ3v) is 7.65. The first-order chi connectivity index (χ1) is 14.3. The van der Waals surface area contributed by atoms with Gasteiger partial charge < -0.3 is 4.90 Å². The molecule has 0 unspecified atom stereocenters. The molecule has 0 aliphatic heterocycles. The molecule has 1 aromatic heterocycles. The number of hydrogen-bond acceptors (Lipinski definition) is 6. The van der Waals surface area contributed by atoms with Crippen molar-refractivity contribution in [1.29, 1.82) is 0 Å². The van der Waals surface area contributed by atoms with Gasteiger partial charge in [0.15, 0.2) is 15.0 Å². The maximum absolute atomic E-state index is 13.0. The molecule has 0 saturated carbocycles. The Kier molecular flexibility index (Phi) is 9.27. The quantitative estimate of drug-likeness (QED) is 0.430. The summed E-state index contributed by atoms with van der Waals surface area (Å²) in [5.41, 5.74) is 0.654. The molecule has 3 rings (SSSR count). The van der Waals surface area contributed by atoms with Crippen molar-refractivity contribution in [3.63, 3.8) is 0 Å². The lowest BCUT2D eigenvalue weighted by molar-refractivity contribution is -0.118. The average Bonchev–Trinajstić information content (AvgIpc) is 3.15. The van der Waals surface area contributed by atoms with Gasteiger partial charge in [-0.25, -0.2) is 13.4 Å². The predicted molar refractivity (Wildman–Crippen MR) is 131 cm³/mol. The van der Waals surface area contributed by atoms with E-state index in [0.717, 1.165) is 17.7 Å². The molecule has 6 nitrogen and oxygen atoms in total. The van der Waals surface area contributed by atoms with Crippen molar-refractivity contribution in [3.8, 4) is 0 Å². The van der Waals surface area contributed by atoms with Gasteiger partial charge in [-0.2, -0.15) is 0 Å². The number of halogens is 2. The van der Waals surface area contributed by atoms with Crippen LogP contribution in [0.5, 0.6) is 0 Å². The molecule has 0 saturated heterocycles. The van der Waals surface area contributed by atoms with E-state index in [0.29, 0.717) is 22.2 Å². The van der Waals surface area contributed by atoms with E-state index in [4.69, 9.17) is 11.6 Å². The normalized spacial score (nSPS) is 11.5. The van der Waals surface area contributed by atoms with E-state index >= 15 is 0 Å². The maximum atomic E-state index is 13.0. The van der Waals surface area contributed by atoms with Crippen LogP contribution < -0.4 is 4.90 Å². The maximum Gasteiger partial charge on any atom is 0.229 e. The van der Waals surface area contributed by atoms with Crippen LogP contribution >= 0.6 is 35.3 Å². The lowest BCUT2D eigenvalue weighted by Gasteiger charge is -2.21. The molecule has 0 bridgehead atoms. The zero-order chi connectivity index (χ0) is 21.7. The second kappa shape index (κ2) is 11.2.